The summed E-state index contributed by atoms with van der Waals surface area (Å²) in [5.74, 6) is 1.23. The quantitative estimate of drug-likeness (QED) is 0.782. The molecule has 1 aromatic heterocycles. The van der Waals surface area contributed by atoms with Crippen LogP contribution < -0.4 is 4.74 Å². The van der Waals surface area contributed by atoms with Crippen molar-refractivity contribution in [2.45, 2.75) is 45.1 Å². The van der Waals surface area contributed by atoms with Crippen molar-refractivity contribution < 1.29 is 9.53 Å². The van der Waals surface area contributed by atoms with Crippen LogP contribution in [0.5, 0.6) is 5.75 Å². The van der Waals surface area contributed by atoms with Gasteiger partial charge >= 0.3 is 0 Å². The third kappa shape index (κ3) is 4.60. The van der Waals surface area contributed by atoms with E-state index in [-0.39, 0.29) is 12.0 Å². The van der Waals surface area contributed by atoms with Gasteiger partial charge < -0.3 is 9.64 Å². The number of nitrogens with zero attached hydrogens (tertiary/aromatic N) is 1. The molecule has 0 aliphatic carbocycles. The van der Waals surface area contributed by atoms with E-state index in [9.17, 15) is 4.79 Å². The third-order valence-corrected chi connectivity index (χ3v) is 5.51. The fourth-order valence-electron chi connectivity index (χ4n) is 3.10. The summed E-state index contributed by atoms with van der Waals surface area (Å²) in [4.78, 5) is 15.6. The monoisotopic (exact) mass is 343 g/mol. The molecule has 1 aliphatic heterocycles. The Bertz CT molecular complexity index is 645. The number of amides is 1. The number of aryl methyl sites for hydroxylation is 2. The number of benzene rings is 1. The van der Waals surface area contributed by atoms with Crippen LogP contribution >= 0.6 is 11.3 Å². The lowest BCUT2D eigenvalue weighted by atomic mass is 10.1. The Morgan fingerprint density at radius 1 is 1.25 bits per heavy atom. The summed E-state index contributed by atoms with van der Waals surface area (Å²) in [6, 6.07) is 12.5. The maximum Gasteiger partial charge on any atom is 0.222 e. The first-order valence-corrected chi connectivity index (χ1v) is 9.68. The fraction of sp³-hybridized carbons (Fsp3) is 0.450. The lowest BCUT2D eigenvalue weighted by Crippen LogP contribution is -2.41. The predicted molar refractivity (Wildman–Crippen MR) is 98.7 cm³/mol. The SMILES string of the molecule is CCc1cccc(OC2CCN(C(=O)CCc3cccs3)CC2)c1. The molecule has 1 amide bonds. The molecule has 2 aromatic rings. The number of thiophene rings is 1. The first kappa shape index (κ1) is 17.0. The van der Waals surface area contributed by atoms with E-state index in [1.807, 2.05) is 17.0 Å². The lowest BCUT2D eigenvalue weighted by molar-refractivity contribution is -0.132. The Morgan fingerprint density at radius 2 is 2.08 bits per heavy atom. The molecule has 3 rings (SSSR count). The zero-order valence-electron chi connectivity index (χ0n) is 14.2. The fourth-order valence-corrected chi connectivity index (χ4v) is 3.81. The van der Waals surface area contributed by atoms with Crippen LogP contribution in [0.2, 0.25) is 0 Å². The lowest BCUT2D eigenvalue weighted by Gasteiger charge is -2.32. The van der Waals surface area contributed by atoms with Crippen LogP contribution in [0.1, 0.15) is 36.6 Å². The van der Waals surface area contributed by atoms with E-state index in [1.54, 1.807) is 11.3 Å². The molecular weight excluding hydrogens is 318 g/mol. The average Bonchev–Trinajstić information content (AvgIpc) is 3.14. The van der Waals surface area contributed by atoms with E-state index in [2.05, 4.69) is 36.6 Å². The second-order valence-electron chi connectivity index (χ2n) is 6.28. The van der Waals surface area contributed by atoms with Gasteiger partial charge in [-0.3, -0.25) is 4.79 Å². The van der Waals surface area contributed by atoms with E-state index in [0.29, 0.717) is 6.42 Å². The van der Waals surface area contributed by atoms with Gasteiger partial charge in [-0.15, -0.1) is 11.3 Å². The second kappa shape index (κ2) is 8.34. The summed E-state index contributed by atoms with van der Waals surface area (Å²) in [5, 5.41) is 2.07. The summed E-state index contributed by atoms with van der Waals surface area (Å²) in [5.41, 5.74) is 1.30. The van der Waals surface area contributed by atoms with Crippen molar-refractivity contribution in [3.05, 3.63) is 52.2 Å². The number of ether oxygens (including phenoxy) is 1. The highest BCUT2D eigenvalue weighted by Crippen LogP contribution is 2.21. The number of hydrogen-bond acceptors (Lipinski definition) is 3. The molecular formula is C20H25NO2S. The van der Waals surface area contributed by atoms with Gasteiger partial charge in [-0.05, 0) is 42.0 Å². The largest absolute Gasteiger partial charge is 0.490 e. The highest BCUT2D eigenvalue weighted by Gasteiger charge is 2.23. The van der Waals surface area contributed by atoms with Crippen molar-refractivity contribution >= 4 is 17.2 Å². The van der Waals surface area contributed by atoms with Gasteiger partial charge in [0.1, 0.15) is 11.9 Å². The van der Waals surface area contributed by atoms with Crippen molar-refractivity contribution in [2.24, 2.45) is 0 Å². The van der Waals surface area contributed by atoms with Crippen molar-refractivity contribution in [1.82, 2.24) is 4.90 Å². The van der Waals surface area contributed by atoms with Crippen molar-refractivity contribution in [1.29, 1.82) is 0 Å². The molecule has 0 spiro atoms. The van der Waals surface area contributed by atoms with E-state index in [4.69, 9.17) is 4.74 Å². The van der Waals surface area contributed by atoms with Gasteiger partial charge in [-0.25, -0.2) is 0 Å². The van der Waals surface area contributed by atoms with E-state index in [1.165, 1.54) is 10.4 Å². The number of carbonyl (C=O) groups is 1. The number of rotatable bonds is 6. The Labute approximate surface area is 148 Å². The second-order valence-corrected chi connectivity index (χ2v) is 7.31. The molecule has 1 aromatic carbocycles. The molecule has 0 atom stereocenters. The molecule has 0 radical (unpaired) electrons. The minimum atomic E-state index is 0.221. The predicted octanol–water partition coefficient (Wildman–Crippen LogP) is 4.31. The van der Waals surface area contributed by atoms with E-state index >= 15 is 0 Å². The molecule has 2 heterocycles. The minimum Gasteiger partial charge on any atom is -0.490 e. The summed E-state index contributed by atoms with van der Waals surface area (Å²) in [6.07, 6.45) is 4.55. The van der Waals surface area contributed by atoms with Gasteiger partial charge in [0.25, 0.3) is 0 Å². The summed E-state index contributed by atoms with van der Waals surface area (Å²) < 4.78 is 6.11. The maximum absolute atomic E-state index is 12.3. The average molecular weight is 343 g/mol. The Balaban J connectivity index is 1.44. The highest BCUT2D eigenvalue weighted by atomic mass is 32.1. The van der Waals surface area contributed by atoms with Crippen LogP contribution in [0.25, 0.3) is 0 Å². The van der Waals surface area contributed by atoms with Gasteiger partial charge in [0.05, 0.1) is 0 Å². The third-order valence-electron chi connectivity index (χ3n) is 4.57. The van der Waals surface area contributed by atoms with Crippen LogP contribution in [-0.2, 0) is 17.6 Å². The topological polar surface area (TPSA) is 29.5 Å². The van der Waals surface area contributed by atoms with Gasteiger partial charge in [-0.1, -0.05) is 25.1 Å². The number of hydrogen-bond donors (Lipinski definition) is 0. The molecule has 3 nitrogen and oxygen atoms in total. The first-order valence-electron chi connectivity index (χ1n) is 8.80. The smallest absolute Gasteiger partial charge is 0.222 e. The molecule has 1 fully saturated rings. The van der Waals surface area contributed by atoms with Crippen molar-refractivity contribution in [2.75, 3.05) is 13.1 Å². The molecule has 0 N–H and O–H groups in total. The standard InChI is InChI=1S/C20H25NO2S/c1-2-16-5-3-6-18(15-16)23-17-10-12-21(13-11-17)20(22)9-8-19-7-4-14-24-19/h3-7,14-15,17H,2,8-13H2,1H3. The van der Waals surface area contributed by atoms with Crippen LogP contribution in [0, 0.1) is 0 Å². The Morgan fingerprint density at radius 3 is 2.79 bits per heavy atom. The van der Waals surface area contributed by atoms with Crippen LogP contribution in [-0.4, -0.2) is 30.0 Å². The molecule has 128 valence electrons. The first-order chi connectivity index (χ1) is 11.7. The minimum absolute atomic E-state index is 0.221. The summed E-state index contributed by atoms with van der Waals surface area (Å²) >= 11 is 1.73. The van der Waals surface area contributed by atoms with Gasteiger partial charge in [0.15, 0.2) is 0 Å². The molecule has 0 bridgehead atoms. The van der Waals surface area contributed by atoms with Gasteiger partial charge in [0, 0.05) is 37.2 Å². The van der Waals surface area contributed by atoms with E-state index in [0.717, 1.165) is 44.5 Å². The molecule has 1 aliphatic rings. The van der Waals surface area contributed by atoms with E-state index < -0.39 is 0 Å². The number of likely N-dealkylation sites (tertiary alicyclic amines) is 1. The normalized spacial score (nSPS) is 15.5. The maximum atomic E-state index is 12.3. The molecule has 1 saturated heterocycles. The molecule has 0 saturated carbocycles. The Kier molecular flexibility index (Phi) is 5.91. The summed E-state index contributed by atoms with van der Waals surface area (Å²) in [7, 11) is 0. The zero-order chi connectivity index (χ0) is 16.8. The Hall–Kier alpha value is -1.81. The molecule has 0 unspecified atom stereocenters. The summed E-state index contributed by atoms with van der Waals surface area (Å²) in [6.45, 7) is 3.77. The highest BCUT2D eigenvalue weighted by molar-refractivity contribution is 7.09. The van der Waals surface area contributed by atoms with Crippen LogP contribution in [0.4, 0.5) is 0 Å². The van der Waals surface area contributed by atoms with Gasteiger partial charge in [0.2, 0.25) is 5.91 Å². The molecule has 24 heavy (non-hydrogen) atoms. The van der Waals surface area contributed by atoms with Crippen molar-refractivity contribution in [3.8, 4) is 5.75 Å². The van der Waals surface area contributed by atoms with Crippen molar-refractivity contribution in [3.63, 3.8) is 0 Å². The number of piperidine rings is 1. The van der Waals surface area contributed by atoms with Gasteiger partial charge in [-0.2, -0.15) is 0 Å². The van der Waals surface area contributed by atoms with Crippen LogP contribution in [0.15, 0.2) is 41.8 Å². The zero-order valence-corrected chi connectivity index (χ0v) is 15.1. The number of carbonyl (C=O) groups excluding carboxylic acids is 1. The molecule has 4 heteroatoms. The van der Waals surface area contributed by atoms with Crippen LogP contribution in [0.3, 0.4) is 0 Å².